The third kappa shape index (κ3) is 2.67. The van der Waals surface area contributed by atoms with E-state index in [1.165, 1.54) is 7.11 Å². The minimum atomic E-state index is -0.131. The Morgan fingerprint density at radius 2 is 2.31 bits per heavy atom. The number of rotatable bonds is 2. The Bertz CT molecular complexity index is 184. The zero-order chi connectivity index (χ0) is 9.84. The first-order valence-electron chi connectivity index (χ1n) is 4.73. The van der Waals surface area contributed by atoms with E-state index in [-0.39, 0.29) is 17.9 Å². The number of ether oxygens (including phenoxy) is 1. The van der Waals surface area contributed by atoms with Gasteiger partial charge < -0.3 is 15.4 Å². The predicted molar refractivity (Wildman–Crippen MR) is 50.2 cm³/mol. The van der Waals surface area contributed by atoms with Crippen molar-refractivity contribution in [2.24, 2.45) is 11.7 Å². The summed E-state index contributed by atoms with van der Waals surface area (Å²) >= 11 is 0. The quantitative estimate of drug-likeness (QED) is 0.608. The Morgan fingerprint density at radius 3 is 2.85 bits per heavy atom. The van der Waals surface area contributed by atoms with E-state index >= 15 is 0 Å². The lowest BCUT2D eigenvalue weighted by molar-refractivity contribution is -0.147. The molecule has 0 spiro atoms. The number of likely N-dealkylation sites (tertiary alicyclic amines) is 1. The average molecular weight is 186 g/mol. The van der Waals surface area contributed by atoms with Crippen LogP contribution in [0.4, 0.5) is 0 Å². The fourth-order valence-electron chi connectivity index (χ4n) is 1.83. The molecule has 0 aliphatic carbocycles. The van der Waals surface area contributed by atoms with Crippen molar-refractivity contribution in [1.82, 2.24) is 4.90 Å². The van der Waals surface area contributed by atoms with Crippen molar-refractivity contribution < 1.29 is 9.53 Å². The largest absolute Gasteiger partial charge is 0.469 e. The van der Waals surface area contributed by atoms with Crippen LogP contribution < -0.4 is 5.73 Å². The molecule has 0 aromatic heterocycles. The SMILES string of the molecule is CCN1CC(N)CC(C(=O)OC)C1. The second-order valence-corrected chi connectivity index (χ2v) is 3.57. The van der Waals surface area contributed by atoms with Crippen LogP contribution in [0.5, 0.6) is 0 Å². The molecular weight excluding hydrogens is 168 g/mol. The Kier molecular flexibility index (Phi) is 3.69. The molecule has 1 heterocycles. The van der Waals surface area contributed by atoms with Gasteiger partial charge >= 0.3 is 5.97 Å². The van der Waals surface area contributed by atoms with E-state index in [4.69, 9.17) is 10.5 Å². The minimum Gasteiger partial charge on any atom is -0.469 e. The van der Waals surface area contributed by atoms with Gasteiger partial charge in [-0.15, -0.1) is 0 Å². The average Bonchev–Trinajstić information content (AvgIpc) is 2.15. The van der Waals surface area contributed by atoms with Gasteiger partial charge in [-0.3, -0.25) is 4.79 Å². The Morgan fingerprint density at radius 1 is 1.62 bits per heavy atom. The molecule has 1 aliphatic heterocycles. The van der Waals surface area contributed by atoms with Gasteiger partial charge in [0.15, 0.2) is 0 Å². The van der Waals surface area contributed by atoms with Crippen LogP contribution in [-0.2, 0) is 9.53 Å². The van der Waals surface area contributed by atoms with Crippen LogP contribution in [0, 0.1) is 5.92 Å². The van der Waals surface area contributed by atoms with Crippen LogP contribution in [0.25, 0.3) is 0 Å². The maximum atomic E-state index is 11.3. The van der Waals surface area contributed by atoms with Crippen molar-refractivity contribution in [3.63, 3.8) is 0 Å². The standard InChI is InChI=1S/C9H18N2O2/c1-3-11-5-7(9(12)13-2)4-8(10)6-11/h7-8H,3-6,10H2,1-2H3. The van der Waals surface area contributed by atoms with Crippen LogP contribution in [0.15, 0.2) is 0 Å². The molecule has 2 unspecified atom stereocenters. The van der Waals surface area contributed by atoms with Crippen molar-refractivity contribution in [3.8, 4) is 0 Å². The van der Waals surface area contributed by atoms with E-state index in [1.54, 1.807) is 0 Å². The number of methoxy groups -OCH3 is 1. The van der Waals surface area contributed by atoms with Crippen molar-refractivity contribution in [2.45, 2.75) is 19.4 Å². The van der Waals surface area contributed by atoms with Crippen LogP contribution in [0.3, 0.4) is 0 Å². The molecule has 13 heavy (non-hydrogen) atoms. The highest BCUT2D eigenvalue weighted by molar-refractivity contribution is 5.72. The fourth-order valence-corrected chi connectivity index (χ4v) is 1.83. The molecule has 4 heteroatoms. The van der Waals surface area contributed by atoms with Crippen LogP contribution in [-0.4, -0.2) is 43.7 Å². The normalized spacial score (nSPS) is 30.1. The zero-order valence-corrected chi connectivity index (χ0v) is 8.32. The molecule has 2 N–H and O–H groups in total. The second kappa shape index (κ2) is 4.58. The zero-order valence-electron chi connectivity index (χ0n) is 8.32. The minimum absolute atomic E-state index is 0.0336. The highest BCUT2D eigenvalue weighted by Crippen LogP contribution is 2.16. The summed E-state index contributed by atoms with van der Waals surface area (Å²) in [6, 6.07) is 0.109. The molecule has 0 aromatic carbocycles. The third-order valence-electron chi connectivity index (χ3n) is 2.54. The molecule has 0 bridgehead atoms. The molecule has 0 radical (unpaired) electrons. The number of carbonyl (C=O) groups excluding carboxylic acids is 1. The first kappa shape index (κ1) is 10.5. The highest BCUT2D eigenvalue weighted by Gasteiger charge is 2.29. The molecule has 0 amide bonds. The summed E-state index contributed by atoms with van der Waals surface area (Å²) in [5, 5.41) is 0. The van der Waals surface area contributed by atoms with Crippen LogP contribution in [0.2, 0.25) is 0 Å². The van der Waals surface area contributed by atoms with Gasteiger partial charge in [-0.25, -0.2) is 0 Å². The van der Waals surface area contributed by atoms with E-state index < -0.39 is 0 Å². The van der Waals surface area contributed by atoms with E-state index in [2.05, 4.69) is 11.8 Å². The van der Waals surface area contributed by atoms with Crippen molar-refractivity contribution in [1.29, 1.82) is 0 Å². The summed E-state index contributed by atoms with van der Waals surface area (Å²) in [5.74, 6) is -0.165. The Labute approximate surface area is 79.0 Å². The molecule has 2 atom stereocenters. The maximum absolute atomic E-state index is 11.3. The molecule has 1 aliphatic rings. The summed E-state index contributed by atoms with van der Waals surface area (Å²) < 4.78 is 4.71. The molecule has 0 aromatic rings. The van der Waals surface area contributed by atoms with Gasteiger partial charge in [0.25, 0.3) is 0 Å². The maximum Gasteiger partial charge on any atom is 0.310 e. The molecule has 1 rings (SSSR count). The number of hydrogen-bond donors (Lipinski definition) is 1. The van der Waals surface area contributed by atoms with Gasteiger partial charge in [0, 0.05) is 19.1 Å². The predicted octanol–water partition coefficient (Wildman–Crippen LogP) is -0.171. The molecule has 76 valence electrons. The summed E-state index contributed by atoms with van der Waals surface area (Å²) in [6.07, 6.45) is 0.753. The monoisotopic (exact) mass is 186 g/mol. The van der Waals surface area contributed by atoms with Crippen LogP contribution >= 0.6 is 0 Å². The molecule has 0 saturated carbocycles. The first-order valence-corrected chi connectivity index (χ1v) is 4.73. The van der Waals surface area contributed by atoms with E-state index in [9.17, 15) is 4.79 Å². The smallest absolute Gasteiger partial charge is 0.310 e. The topological polar surface area (TPSA) is 55.6 Å². The van der Waals surface area contributed by atoms with E-state index in [1.807, 2.05) is 0 Å². The lowest BCUT2D eigenvalue weighted by Gasteiger charge is -2.34. The molecular formula is C9H18N2O2. The molecule has 1 fully saturated rings. The van der Waals surface area contributed by atoms with Crippen molar-refractivity contribution in [3.05, 3.63) is 0 Å². The Hall–Kier alpha value is -0.610. The lowest BCUT2D eigenvalue weighted by Crippen LogP contribution is -2.49. The van der Waals surface area contributed by atoms with Crippen molar-refractivity contribution in [2.75, 3.05) is 26.7 Å². The number of nitrogens with two attached hydrogens (primary N) is 1. The second-order valence-electron chi connectivity index (χ2n) is 3.57. The van der Waals surface area contributed by atoms with Gasteiger partial charge in [-0.2, -0.15) is 0 Å². The number of hydrogen-bond acceptors (Lipinski definition) is 4. The van der Waals surface area contributed by atoms with Gasteiger partial charge in [0.2, 0.25) is 0 Å². The van der Waals surface area contributed by atoms with E-state index in [0.717, 1.165) is 26.1 Å². The Balaban J connectivity index is 2.51. The number of nitrogens with zero attached hydrogens (tertiary/aromatic N) is 1. The molecule has 4 nitrogen and oxygen atoms in total. The lowest BCUT2D eigenvalue weighted by atomic mass is 9.95. The summed E-state index contributed by atoms with van der Waals surface area (Å²) in [4.78, 5) is 13.5. The van der Waals surface area contributed by atoms with Gasteiger partial charge in [0.1, 0.15) is 0 Å². The van der Waals surface area contributed by atoms with Crippen LogP contribution in [0.1, 0.15) is 13.3 Å². The van der Waals surface area contributed by atoms with Gasteiger partial charge in [-0.1, -0.05) is 6.92 Å². The molecule has 1 saturated heterocycles. The fraction of sp³-hybridized carbons (Fsp3) is 0.889. The number of likely N-dealkylation sites (N-methyl/N-ethyl adjacent to an activating group) is 1. The summed E-state index contributed by atoms with van der Waals surface area (Å²) in [7, 11) is 1.43. The van der Waals surface area contributed by atoms with Gasteiger partial charge in [-0.05, 0) is 13.0 Å². The van der Waals surface area contributed by atoms with E-state index in [0.29, 0.717) is 0 Å². The summed E-state index contributed by atoms with van der Waals surface area (Å²) in [5.41, 5.74) is 5.83. The van der Waals surface area contributed by atoms with Crippen molar-refractivity contribution >= 4 is 5.97 Å². The number of carbonyl (C=O) groups is 1. The first-order chi connectivity index (χ1) is 6.17. The highest BCUT2D eigenvalue weighted by atomic mass is 16.5. The summed E-state index contributed by atoms with van der Waals surface area (Å²) in [6.45, 7) is 4.70. The third-order valence-corrected chi connectivity index (χ3v) is 2.54. The van der Waals surface area contributed by atoms with Gasteiger partial charge in [0.05, 0.1) is 13.0 Å². The number of piperidine rings is 1. The number of esters is 1.